The van der Waals surface area contributed by atoms with Gasteiger partial charge in [-0.15, -0.1) is 35.3 Å². The Labute approximate surface area is 184 Å². The predicted octanol–water partition coefficient (Wildman–Crippen LogP) is 4.50. The summed E-state index contributed by atoms with van der Waals surface area (Å²) < 4.78 is 0. The van der Waals surface area contributed by atoms with Gasteiger partial charge in [0.1, 0.15) is 0 Å². The second-order valence-electron chi connectivity index (χ2n) is 7.03. The first-order chi connectivity index (χ1) is 12.7. The topological polar surface area (TPSA) is 39.7 Å². The number of benzene rings is 1. The lowest BCUT2D eigenvalue weighted by Gasteiger charge is -2.32. The lowest BCUT2D eigenvalue weighted by atomic mass is 9.97. The summed E-state index contributed by atoms with van der Waals surface area (Å²) >= 11 is 1.86. The third kappa shape index (κ3) is 7.08. The van der Waals surface area contributed by atoms with E-state index in [1.807, 2.05) is 24.5 Å². The first-order valence-corrected chi connectivity index (χ1v) is 10.4. The van der Waals surface area contributed by atoms with Crippen LogP contribution in [-0.2, 0) is 6.54 Å². The van der Waals surface area contributed by atoms with Crippen LogP contribution >= 0.6 is 35.3 Å². The summed E-state index contributed by atoms with van der Waals surface area (Å²) in [4.78, 5) is 8.44. The molecule has 1 aliphatic heterocycles. The molecule has 0 amide bonds. The van der Waals surface area contributed by atoms with E-state index in [1.165, 1.54) is 36.4 Å². The fraction of sp³-hybridized carbons (Fsp3) is 0.476. The summed E-state index contributed by atoms with van der Waals surface area (Å²) in [5.41, 5.74) is 1.28. The van der Waals surface area contributed by atoms with Crippen LogP contribution in [0.15, 0.2) is 52.8 Å². The minimum absolute atomic E-state index is 0. The van der Waals surface area contributed by atoms with Crippen molar-refractivity contribution >= 4 is 41.3 Å². The van der Waals surface area contributed by atoms with E-state index in [-0.39, 0.29) is 30.0 Å². The molecule has 1 fully saturated rings. The Balaban J connectivity index is 0.00000261. The van der Waals surface area contributed by atoms with Gasteiger partial charge in [0.05, 0.1) is 6.04 Å². The van der Waals surface area contributed by atoms with Gasteiger partial charge < -0.3 is 10.6 Å². The van der Waals surface area contributed by atoms with Crippen molar-refractivity contribution in [3.63, 3.8) is 0 Å². The number of guanidine groups is 1. The standard InChI is InChI=1S/C21H30N4S.HI/c1-17(19-7-4-3-5-8-19)24-21(22-2)23-15-18-10-12-25(13-11-18)16-20-9-6-14-26-20;/h3-9,14,17-18H,10-13,15-16H2,1-2H3,(H2,22,23,24);1H. The van der Waals surface area contributed by atoms with Crippen LogP contribution in [0.5, 0.6) is 0 Å². The molecule has 0 bridgehead atoms. The minimum Gasteiger partial charge on any atom is -0.356 e. The van der Waals surface area contributed by atoms with Crippen LogP contribution in [0.3, 0.4) is 0 Å². The number of hydrogen-bond acceptors (Lipinski definition) is 3. The van der Waals surface area contributed by atoms with Crippen molar-refractivity contribution in [2.45, 2.75) is 32.4 Å². The number of likely N-dealkylation sites (tertiary alicyclic amines) is 1. The fourth-order valence-electron chi connectivity index (χ4n) is 3.44. The number of nitrogens with one attached hydrogen (secondary N) is 2. The Kier molecular flexibility index (Phi) is 9.58. The molecule has 27 heavy (non-hydrogen) atoms. The van der Waals surface area contributed by atoms with Gasteiger partial charge in [-0.1, -0.05) is 36.4 Å². The van der Waals surface area contributed by atoms with Gasteiger partial charge in [-0.05, 0) is 55.8 Å². The van der Waals surface area contributed by atoms with E-state index in [1.54, 1.807) is 0 Å². The van der Waals surface area contributed by atoms with Gasteiger partial charge in [-0.2, -0.15) is 0 Å². The molecule has 1 aliphatic rings. The summed E-state index contributed by atoms with van der Waals surface area (Å²) in [6, 6.07) is 15.1. The number of hydrogen-bond donors (Lipinski definition) is 2. The number of halogens is 1. The zero-order valence-electron chi connectivity index (χ0n) is 16.2. The molecule has 2 aromatic rings. The van der Waals surface area contributed by atoms with Gasteiger partial charge in [-0.25, -0.2) is 0 Å². The molecule has 1 aromatic heterocycles. The van der Waals surface area contributed by atoms with Crippen molar-refractivity contribution in [2.75, 3.05) is 26.7 Å². The molecule has 1 saturated heterocycles. The van der Waals surface area contributed by atoms with E-state index < -0.39 is 0 Å². The number of rotatable bonds is 6. The Morgan fingerprint density at radius 3 is 2.56 bits per heavy atom. The molecule has 6 heteroatoms. The minimum atomic E-state index is 0. The van der Waals surface area contributed by atoms with Crippen LogP contribution in [-0.4, -0.2) is 37.5 Å². The normalized spacial score (nSPS) is 17.2. The van der Waals surface area contributed by atoms with Crippen LogP contribution in [0, 0.1) is 5.92 Å². The van der Waals surface area contributed by atoms with Crippen molar-refractivity contribution in [3.05, 3.63) is 58.3 Å². The van der Waals surface area contributed by atoms with Crippen LogP contribution in [0.1, 0.15) is 36.2 Å². The molecular formula is C21H31IN4S. The van der Waals surface area contributed by atoms with E-state index in [0.717, 1.165) is 25.0 Å². The molecular weight excluding hydrogens is 467 g/mol. The highest BCUT2D eigenvalue weighted by Crippen LogP contribution is 2.20. The third-order valence-electron chi connectivity index (χ3n) is 5.10. The highest BCUT2D eigenvalue weighted by Gasteiger charge is 2.20. The van der Waals surface area contributed by atoms with E-state index >= 15 is 0 Å². The molecule has 1 aromatic carbocycles. The summed E-state index contributed by atoms with van der Waals surface area (Å²) in [5.74, 6) is 1.61. The van der Waals surface area contributed by atoms with E-state index in [2.05, 4.69) is 69.2 Å². The number of thiophene rings is 1. The quantitative estimate of drug-likeness (QED) is 0.350. The Morgan fingerprint density at radius 1 is 1.19 bits per heavy atom. The van der Waals surface area contributed by atoms with Gasteiger partial charge >= 0.3 is 0 Å². The van der Waals surface area contributed by atoms with Crippen LogP contribution < -0.4 is 10.6 Å². The van der Waals surface area contributed by atoms with Gasteiger partial charge in [0, 0.05) is 25.0 Å². The van der Waals surface area contributed by atoms with E-state index in [0.29, 0.717) is 0 Å². The van der Waals surface area contributed by atoms with Crippen molar-refractivity contribution in [3.8, 4) is 0 Å². The fourth-order valence-corrected chi connectivity index (χ4v) is 4.18. The van der Waals surface area contributed by atoms with Gasteiger partial charge in [0.25, 0.3) is 0 Å². The van der Waals surface area contributed by atoms with Crippen LogP contribution in [0.4, 0.5) is 0 Å². The summed E-state index contributed by atoms with van der Waals surface area (Å²) in [6.07, 6.45) is 2.51. The number of piperidine rings is 1. The van der Waals surface area contributed by atoms with E-state index in [9.17, 15) is 0 Å². The molecule has 0 radical (unpaired) electrons. The second kappa shape index (κ2) is 11.7. The van der Waals surface area contributed by atoms with Gasteiger partial charge in [-0.3, -0.25) is 9.89 Å². The lowest BCUT2D eigenvalue weighted by Crippen LogP contribution is -2.43. The SMILES string of the molecule is CN=C(NCC1CCN(Cc2cccs2)CC1)NC(C)c1ccccc1.I. The molecule has 0 aliphatic carbocycles. The first-order valence-electron chi connectivity index (χ1n) is 9.51. The third-order valence-corrected chi connectivity index (χ3v) is 5.96. The Hall–Kier alpha value is -1.12. The summed E-state index contributed by atoms with van der Waals surface area (Å²) in [7, 11) is 1.84. The molecule has 0 spiro atoms. The molecule has 1 atom stereocenters. The van der Waals surface area contributed by atoms with Crippen LogP contribution in [0.25, 0.3) is 0 Å². The maximum absolute atomic E-state index is 4.39. The molecule has 2 N–H and O–H groups in total. The second-order valence-corrected chi connectivity index (χ2v) is 8.06. The van der Waals surface area contributed by atoms with Crippen molar-refractivity contribution in [2.24, 2.45) is 10.9 Å². The molecule has 3 rings (SSSR count). The molecule has 2 heterocycles. The zero-order valence-corrected chi connectivity index (χ0v) is 19.4. The first kappa shape index (κ1) is 22.2. The van der Waals surface area contributed by atoms with Gasteiger partial charge in [0.2, 0.25) is 0 Å². The highest BCUT2D eigenvalue weighted by atomic mass is 127. The summed E-state index contributed by atoms with van der Waals surface area (Å²) in [6.45, 7) is 6.66. The maximum Gasteiger partial charge on any atom is 0.191 e. The predicted molar refractivity (Wildman–Crippen MR) is 127 cm³/mol. The molecule has 1 unspecified atom stereocenters. The number of nitrogens with zero attached hydrogens (tertiary/aromatic N) is 2. The smallest absolute Gasteiger partial charge is 0.191 e. The highest BCUT2D eigenvalue weighted by molar-refractivity contribution is 14.0. The molecule has 0 saturated carbocycles. The Morgan fingerprint density at radius 2 is 1.93 bits per heavy atom. The molecule has 148 valence electrons. The largest absolute Gasteiger partial charge is 0.356 e. The monoisotopic (exact) mass is 498 g/mol. The van der Waals surface area contributed by atoms with Crippen molar-refractivity contribution in [1.29, 1.82) is 0 Å². The van der Waals surface area contributed by atoms with Crippen LogP contribution in [0.2, 0.25) is 0 Å². The maximum atomic E-state index is 4.39. The Bertz CT molecular complexity index is 667. The number of aliphatic imine (C=N–C) groups is 1. The lowest BCUT2D eigenvalue weighted by molar-refractivity contribution is 0.179. The zero-order chi connectivity index (χ0) is 18.2. The van der Waals surface area contributed by atoms with E-state index in [4.69, 9.17) is 0 Å². The summed E-state index contributed by atoms with van der Waals surface area (Å²) in [5, 5.41) is 9.18. The van der Waals surface area contributed by atoms with Crippen molar-refractivity contribution < 1.29 is 0 Å². The van der Waals surface area contributed by atoms with Gasteiger partial charge in [0.15, 0.2) is 5.96 Å². The molecule has 4 nitrogen and oxygen atoms in total. The average molecular weight is 498 g/mol. The van der Waals surface area contributed by atoms with Crippen molar-refractivity contribution in [1.82, 2.24) is 15.5 Å². The average Bonchev–Trinajstić information content (AvgIpc) is 3.20.